The average molecular weight is 316 g/mol. The van der Waals surface area contributed by atoms with Crippen LogP contribution in [0.2, 0.25) is 0 Å². The number of fused-ring (bicyclic) bond motifs is 1. The maximum Gasteiger partial charge on any atom is 0.256 e. The molecular weight excluding hydrogens is 292 g/mol. The SMILES string of the molecule is Cc1cc(C(=O)N2CCN(CC(C)(C)O)CC2)c2[nH]ncc2c1. The summed E-state index contributed by atoms with van der Waals surface area (Å²) in [5, 5.41) is 17.9. The maximum absolute atomic E-state index is 12.9. The fourth-order valence-electron chi connectivity index (χ4n) is 3.20. The lowest BCUT2D eigenvalue weighted by Crippen LogP contribution is -2.52. The standard InChI is InChI=1S/C17H24N4O2/c1-12-8-13-10-18-19-15(13)14(9-12)16(22)21-6-4-20(5-7-21)11-17(2,3)23/h8-10,23H,4-7,11H2,1-3H3,(H,18,19). The third-order valence-electron chi connectivity index (χ3n) is 4.19. The van der Waals surface area contributed by atoms with E-state index in [4.69, 9.17) is 0 Å². The summed E-state index contributed by atoms with van der Waals surface area (Å²) in [7, 11) is 0. The highest BCUT2D eigenvalue weighted by Gasteiger charge is 2.26. The van der Waals surface area contributed by atoms with Gasteiger partial charge in [0, 0.05) is 38.1 Å². The second kappa shape index (κ2) is 5.94. The highest BCUT2D eigenvalue weighted by Crippen LogP contribution is 2.21. The Morgan fingerprint density at radius 3 is 2.65 bits per heavy atom. The van der Waals surface area contributed by atoms with Gasteiger partial charge in [-0.05, 0) is 38.5 Å². The summed E-state index contributed by atoms with van der Waals surface area (Å²) in [5.74, 6) is 0.0471. The Morgan fingerprint density at radius 1 is 1.30 bits per heavy atom. The second-order valence-electron chi connectivity index (χ2n) is 7.03. The Morgan fingerprint density at radius 2 is 2.00 bits per heavy atom. The number of carbonyl (C=O) groups excluding carboxylic acids is 1. The van der Waals surface area contributed by atoms with E-state index in [0.717, 1.165) is 29.6 Å². The Balaban J connectivity index is 1.73. The van der Waals surface area contributed by atoms with Gasteiger partial charge in [-0.3, -0.25) is 14.8 Å². The molecule has 0 aliphatic carbocycles. The normalized spacial score (nSPS) is 17.0. The number of aryl methyl sites for hydroxylation is 1. The molecule has 1 aliphatic rings. The molecule has 3 rings (SSSR count). The summed E-state index contributed by atoms with van der Waals surface area (Å²) in [6, 6.07) is 3.95. The van der Waals surface area contributed by atoms with Gasteiger partial charge in [-0.15, -0.1) is 0 Å². The molecular formula is C17H24N4O2. The quantitative estimate of drug-likeness (QED) is 0.898. The van der Waals surface area contributed by atoms with Crippen molar-refractivity contribution in [2.45, 2.75) is 26.4 Å². The molecule has 2 N–H and O–H groups in total. The number of carbonyl (C=O) groups is 1. The molecule has 0 saturated carbocycles. The lowest BCUT2D eigenvalue weighted by molar-refractivity contribution is 0.0179. The summed E-state index contributed by atoms with van der Waals surface area (Å²) in [5.41, 5.74) is 1.85. The molecule has 2 heterocycles. The Hall–Kier alpha value is -1.92. The van der Waals surface area contributed by atoms with Crippen molar-refractivity contribution in [2.75, 3.05) is 32.7 Å². The van der Waals surface area contributed by atoms with E-state index in [2.05, 4.69) is 15.1 Å². The first-order valence-electron chi connectivity index (χ1n) is 8.01. The number of β-amino-alcohol motifs (C(OH)–C–C–N with tert-alkyl or cyclic N) is 1. The Labute approximate surface area is 136 Å². The van der Waals surface area contributed by atoms with Gasteiger partial charge in [0.1, 0.15) is 0 Å². The number of benzene rings is 1. The van der Waals surface area contributed by atoms with Crippen molar-refractivity contribution in [3.63, 3.8) is 0 Å². The predicted octanol–water partition coefficient (Wildman–Crippen LogP) is 1.40. The molecule has 1 saturated heterocycles. The number of hydrogen-bond acceptors (Lipinski definition) is 4. The summed E-state index contributed by atoms with van der Waals surface area (Å²) in [6.45, 7) is 9.17. The first kappa shape index (κ1) is 16.0. The molecule has 1 aromatic carbocycles. The van der Waals surface area contributed by atoms with E-state index in [-0.39, 0.29) is 5.91 Å². The minimum Gasteiger partial charge on any atom is -0.389 e. The van der Waals surface area contributed by atoms with Crippen LogP contribution in [0, 0.1) is 6.92 Å². The van der Waals surface area contributed by atoms with Crippen LogP contribution in [0.25, 0.3) is 10.9 Å². The van der Waals surface area contributed by atoms with Gasteiger partial charge in [0.25, 0.3) is 5.91 Å². The molecule has 0 spiro atoms. The third-order valence-corrected chi connectivity index (χ3v) is 4.19. The number of piperazine rings is 1. The number of nitrogens with zero attached hydrogens (tertiary/aromatic N) is 3. The van der Waals surface area contributed by atoms with Gasteiger partial charge in [0.15, 0.2) is 0 Å². The third kappa shape index (κ3) is 3.54. The van der Waals surface area contributed by atoms with E-state index in [9.17, 15) is 9.90 Å². The highest BCUT2D eigenvalue weighted by atomic mass is 16.3. The zero-order chi connectivity index (χ0) is 16.6. The number of aromatic amines is 1. The monoisotopic (exact) mass is 316 g/mol. The van der Waals surface area contributed by atoms with E-state index in [1.807, 2.05) is 37.8 Å². The number of hydrogen-bond donors (Lipinski definition) is 2. The highest BCUT2D eigenvalue weighted by molar-refractivity contribution is 6.05. The zero-order valence-electron chi connectivity index (χ0n) is 14.0. The molecule has 6 nitrogen and oxygen atoms in total. The van der Waals surface area contributed by atoms with Gasteiger partial charge in [0.05, 0.1) is 22.9 Å². The number of nitrogens with one attached hydrogen (secondary N) is 1. The fourth-order valence-corrected chi connectivity index (χ4v) is 3.20. The van der Waals surface area contributed by atoms with Crippen LogP contribution in [-0.4, -0.2) is 69.3 Å². The van der Waals surface area contributed by atoms with Crippen LogP contribution >= 0.6 is 0 Å². The van der Waals surface area contributed by atoms with Crippen LogP contribution in [0.1, 0.15) is 29.8 Å². The molecule has 124 valence electrons. The molecule has 1 amide bonds. The zero-order valence-corrected chi connectivity index (χ0v) is 14.0. The summed E-state index contributed by atoms with van der Waals surface area (Å²) < 4.78 is 0. The first-order chi connectivity index (χ1) is 10.8. The van der Waals surface area contributed by atoms with Gasteiger partial charge < -0.3 is 10.0 Å². The molecule has 0 unspecified atom stereocenters. The van der Waals surface area contributed by atoms with E-state index in [0.29, 0.717) is 25.2 Å². The molecule has 6 heteroatoms. The first-order valence-corrected chi connectivity index (χ1v) is 8.01. The number of amides is 1. The van der Waals surface area contributed by atoms with Gasteiger partial charge in [-0.25, -0.2) is 0 Å². The second-order valence-corrected chi connectivity index (χ2v) is 7.03. The molecule has 1 aliphatic heterocycles. The topological polar surface area (TPSA) is 72.5 Å². The van der Waals surface area contributed by atoms with E-state index in [1.54, 1.807) is 6.20 Å². The lowest BCUT2D eigenvalue weighted by atomic mass is 10.1. The van der Waals surface area contributed by atoms with Crippen LogP contribution in [0.3, 0.4) is 0 Å². The van der Waals surface area contributed by atoms with Crippen LogP contribution in [0.5, 0.6) is 0 Å². The molecule has 23 heavy (non-hydrogen) atoms. The number of rotatable bonds is 3. The smallest absolute Gasteiger partial charge is 0.256 e. The summed E-state index contributed by atoms with van der Waals surface area (Å²) >= 11 is 0. The van der Waals surface area contributed by atoms with Gasteiger partial charge >= 0.3 is 0 Å². The Bertz CT molecular complexity index is 709. The summed E-state index contributed by atoms with van der Waals surface area (Å²) in [4.78, 5) is 17.0. The number of aromatic nitrogens is 2. The Kier molecular flexibility index (Phi) is 4.12. The minimum absolute atomic E-state index is 0.0471. The molecule has 0 bridgehead atoms. The van der Waals surface area contributed by atoms with Crippen LogP contribution < -0.4 is 0 Å². The van der Waals surface area contributed by atoms with Crippen molar-refractivity contribution in [3.05, 3.63) is 29.5 Å². The van der Waals surface area contributed by atoms with Gasteiger partial charge in [-0.1, -0.05) is 0 Å². The van der Waals surface area contributed by atoms with Crippen molar-refractivity contribution in [3.8, 4) is 0 Å². The van der Waals surface area contributed by atoms with Crippen LogP contribution in [-0.2, 0) is 0 Å². The van der Waals surface area contributed by atoms with Crippen molar-refractivity contribution in [2.24, 2.45) is 0 Å². The van der Waals surface area contributed by atoms with Crippen molar-refractivity contribution in [1.29, 1.82) is 0 Å². The molecule has 0 radical (unpaired) electrons. The molecule has 1 aromatic heterocycles. The van der Waals surface area contributed by atoms with Crippen molar-refractivity contribution < 1.29 is 9.90 Å². The molecule has 2 aromatic rings. The number of H-pyrrole nitrogens is 1. The largest absolute Gasteiger partial charge is 0.389 e. The van der Waals surface area contributed by atoms with Crippen molar-refractivity contribution >= 4 is 16.8 Å². The summed E-state index contributed by atoms with van der Waals surface area (Å²) in [6.07, 6.45) is 1.75. The van der Waals surface area contributed by atoms with E-state index >= 15 is 0 Å². The minimum atomic E-state index is -0.704. The van der Waals surface area contributed by atoms with Crippen molar-refractivity contribution in [1.82, 2.24) is 20.0 Å². The number of aliphatic hydroxyl groups is 1. The van der Waals surface area contributed by atoms with E-state index < -0.39 is 5.60 Å². The molecule has 1 fully saturated rings. The predicted molar refractivity (Wildman–Crippen MR) is 89.5 cm³/mol. The average Bonchev–Trinajstić information content (AvgIpc) is 2.93. The van der Waals surface area contributed by atoms with Gasteiger partial charge in [0.2, 0.25) is 0 Å². The van der Waals surface area contributed by atoms with Gasteiger partial charge in [-0.2, -0.15) is 5.10 Å². The fraction of sp³-hybridized carbons (Fsp3) is 0.529. The maximum atomic E-state index is 12.9. The lowest BCUT2D eigenvalue weighted by Gasteiger charge is -2.37. The van der Waals surface area contributed by atoms with E-state index in [1.165, 1.54) is 0 Å². The van der Waals surface area contributed by atoms with Crippen LogP contribution in [0.15, 0.2) is 18.3 Å². The molecule has 0 atom stereocenters. The van der Waals surface area contributed by atoms with Crippen LogP contribution in [0.4, 0.5) is 0 Å².